The molecule has 3 aromatic heterocycles. The molecule has 7 aromatic carbocycles. The van der Waals surface area contributed by atoms with Gasteiger partial charge in [-0.1, -0.05) is 140 Å². The Balaban J connectivity index is 1.11. The quantitative estimate of drug-likeness (QED) is 0.174. The van der Waals surface area contributed by atoms with Gasteiger partial charge in [0.25, 0.3) is 0 Å². The summed E-state index contributed by atoms with van der Waals surface area (Å²) in [6.45, 7) is 0. The van der Waals surface area contributed by atoms with Crippen LogP contribution >= 0.6 is 0 Å². The van der Waals surface area contributed by atoms with Gasteiger partial charge in [0.15, 0.2) is 5.82 Å². The lowest BCUT2D eigenvalue weighted by atomic mass is 9.95. The molecule has 0 radical (unpaired) electrons. The summed E-state index contributed by atoms with van der Waals surface area (Å²) in [5.41, 5.74) is 11.9. The maximum atomic E-state index is 6.48. The minimum Gasteiger partial charge on any atom is -0.456 e. The molecule has 51 heavy (non-hydrogen) atoms. The summed E-state index contributed by atoms with van der Waals surface area (Å²) in [5.74, 6) is 0.707. The first-order valence-electron chi connectivity index (χ1n) is 17.1. The van der Waals surface area contributed by atoms with Crippen molar-refractivity contribution in [1.29, 1.82) is 0 Å². The molecule has 0 saturated carbocycles. The van der Waals surface area contributed by atoms with E-state index in [0.717, 1.165) is 94.1 Å². The predicted octanol–water partition coefficient (Wildman–Crippen LogP) is 12.4. The van der Waals surface area contributed by atoms with Crippen LogP contribution < -0.4 is 0 Å². The molecule has 0 fully saturated rings. The Morgan fingerprint density at radius 1 is 0.333 bits per heavy atom. The third-order valence-electron chi connectivity index (χ3n) is 9.69. The molecule has 10 aromatic rings. The molecule has 238 valence electrons. The van der Waals surface area contributed by atoms with Gasteiger partial charge in [0.1, 0.15) is 11.2 Å². The highest BCUT2D eigenvalue weighted by Crippen LogP contribution is 2.42. The number of fused-ring (bicyclic) bond motifs is 7. The molecule has 0 unspecified atom stereocenters. The van der Waals surface area contributed by atoms with E-state index >= 15 is 0 Å². The van der Waals surface area contributed by atoms with E-state index in [9.17, 15) is 0 Å². The number of rotatable bonds is 5. The molecule has 0 amide bonds. The fraction of sp³-hybridized carbons (Fsp3) is 0. The number of benzene rings is 7. The summed E-state index contributed by atoms with van der Waals surface area (Å²) in [6, 6.07) is 60.7. The molecular weight excluding hydrogens is 623 g/mol. The van der Waals surface area contributed by atoms with E-state index < -0.39 is 0 Å². The molecule has 0 aliphatic rings. The Labute approximate surface area is 294 Å². The van der Waals surface area contributed by atoms with Crippen molar-refractivity contribution < 1.29 is 4.42 Å². The van der Waals surface area contributed by atoms with Gasteiger partial charge < -0.3 is 4.42 Å². The van der Waals surface area contributed by atoms with E-state index in [1.165, 1.54) is 0 Å². The van der Waals surface area contributed by atoms with Gasteiger partial charge >= 0.3 is 0 Å². The number of hydrogen-bond acceptors (Lipinski definition) is 4. The lowest BCUT2D eigenvalue weighted by Crippen LogP contribution is -1.95. The fourth-order valence-electron chi connectivity index (χ4n) is 7.21. The highest BCUT2D eigenvalue weighted by Gasteiger charge is 2.18. The zero-order chi connectivity index (χ0) is 33.7. The predicted molar refractivity (Wildman–Crippen MR) is 209 cm³/mol. The van der Waals surface area contributed by atoms with Crippen molar-refractivity contribution >= 4 is 43.6 Å². The normalized spacial score (nSPS) is 11.5. The second kappa shape index (κ2) is 11.9. The van der Waals surface area contributed by atoms with E-state index in [1.54, 1.807) is 0 Å². The first-order valence-corrected chi connectivity index (χ1v) is 17.1. The molecule has 4 nitrogen and oxygen atoms in total. The molecule has 0 aliphatic heterocycles. The molecule has 0 atom stereocenters. The average molecular weight is 652 g/mol. The van der Waals surface area contributed by atoms with Crippen LogP contribution in [0, 0.1) is 0 Å². The Morgan fingerprint density at radius 3 is 1.63 bits per heavy atom. The van der Waals surface area contributed by atoms with Gasteiger partial charge in [0.05, 0.1) is 22.6 Å². The summed E-state index contributed by atoms with van der Waals surface area (Å²) in [5, 5.41) is 5.59. The molecule has 10 rings (SSSR count). The van der Waals surface area contributed by atoms with Gasteiger partial charge in [0, 0.05) is 49.2 Å². The third-order valence-corrected chi connectivity index (χ3v) is 9.69. The third kappa shape index (κ3) is 5.04. The minimum atomic E-state index is 0.707. The summed E-state index contributed by atoms with van der Waals surface area (Å²) in [6.07, 6.45) is 0. The van der Waals surface area contributed by atoms with E-state index in [-0.39, 0.29) is 0 Å². The molecule has 0 N–H and O–H groups in total. The van der Waals surface area contributed by atoms with E-state index in [0.29, 0.717) is 5.82 Å². The number of para-hydroxylation sites is 1. The maximum Gasteiger partial charge on any atom is 0.160 e. The molecule has 0 aliphatic carbocycles. The van der Waals surface area contributed by atoms with Crippen LogP contribution in [0.4, 0.5) is 0 Å². The zero-order valence-corrected chi connectivity index (χ0v) is 27.5. The topological polar surface area (TPSA) is 51.8 Å². The monoisotopic (exact) mass is 651 g/mol. The van der Waals surface area contributed by atoms with Crippen LogP contribution in [0.2, 0.25) is 0 Å². The Bertz CT molecular complexity index is 2820. The second-order valence-corrected chi connectivity index (χ2v) is 12.8. The van der Waals surface area contributed by atoms with Gasteiger partial charge in [-0.15, -0.1) is 0 Å². The van der Waals surface area contributed by atoms with Gasteiger partial charge in [-0.25, -0.2) is 15.0 Å². The molecule has 0 saturated heterocycles. The molecular formula is C47H29N3O. The SMILES string of the molecule is c1ccc(-c2cc(-c3ccc(-c4ccc5oc6ccc7c(-c8ccccc8)nc8ccccc8c7c6c5c4)cc3)nc(-c3ccccc3)n2)cc1. The Hall–Kier alpha value is -6.91. The molecule has 3 heterocycles. The van der Waals surface area contributed by atoms with Gasteiger partial charge in [0.2, 0.25) is 0 Å². The number of nitrogens with zero attached hydrogens (tertiary/aromatic N) is 3. The van der Waals surface area contributed by atoms with Crippen LogP contribution in [-0.4, -0.2) is 15.0 Å². The second-order valence-electron chi connectivity index (χ2n) is 12.8. The van der Waals surface area contributed by atoms with Crippen molar-refractivity contribution in [1.82, 2.24) is 15.0 Å². The first kappa shape index (κ1) is 29.0. The first-order chi connectivity index (χ1) is 25.3. The van der Waals surface area contributed by atoms with Crippen LogP contribution in [0.3, 0.4) is 0 Å². The van der Waals surface area contributed by atoms with Crippen molar-refractivity contribution in [2.24, 2.45) is 0 Å². The van der Waals surface area contributed by atoms with Crippen LogP contribution in [0.1, 0.15) is 0 Å². The molecule has 0 bridgehead atoms. The fourth-order valence-corrected chi connectivity index (χ4v) is 7.21. The largest absolute Gasteiger partial charge is 0.456 e. The maximum absolute atomic E-state index is 6.48. The summed E-state index contributed by atoms with van der Waals surface area (Å²) in [7, 11) is 0. The van der Waals surface area contributed by atoms with Crippen LogP contribution in [0.25, 0.3) is 99.9 Å². The van der Waals surface area contributed by atoms with Crippen LogP contribution in [-0.2, 0) is 0 Å². The van der Waals surface area contributed by atoms with Crippen molar-refractivity contribution in [3.8, 4) is 56.3 Å². The summed E-state index contributed by atoms with van der Waals surface area (Å²) >= 11 is 0. The van der Waals surface area contributed by atoms with Crippen LogP contribution in [0.15, 0.2) is 180 Å². The summed E-state index contributed by atoms with van der Waals surface area (Å²) < 4.78 is 6.48. The number of aromatic nitrogens is 3. The van der Waals surface area contributed by atoms with Crippen molar-refractivity contribution in [2.75, 3.05) is 0 Å². The number of pyridine rings is 1. The highest BCUT2D eigenvalue weighted by atomic mass is 16.3. The lowest BCUT2D eigenvalue weighted by molar-refractivity contribution is 0.669. The Morgan fingerprint density at radius 2 is 0.902 bits per heavy atom. The van der Waals surface area contributed by atoms with Crippen LogP contribution in [0.5, 0.6) is 0 Å². The van der Waals surface area contributed by atoms with Crippen molar-refractivity contribution in [2.45, 2.75) is 0 Å². The zero-order valence-electron chi connectivity index (χ0n) is 27.5. The molecule has 0 spiro atoms. The van der Waals surface area contributed by atoms with E-state index in [1.807, 2.05) is 42.5 Å². The Kier molecular flexibility index (Phi) is 6.78. The van der Waals surface area contributed by atoms with Gasteiger partial charge in [-0.3, -0.25) is 0 Å². The van der Waals surface area contributed by atoms with Crippen molar-refractivity contribution in [3.63, 3.8) is 0 Å². The lowest BCUT2D eigenvalue weighted by Gasteiger charge is -2.11. The van der Waals surface area contributed by atoms with Gasteiger partial charge in [-0.05, 0) is 47.5 Å². The summed E-state index contributed by atoms with van der Waals surface area (Å²) in [4.78, 5) is 15.1. The van der Waals surface area contributed by atoms with Crippen molar-refractivity contribution in [3.05, 3.63) is 176 Å². The number of furan rings is 1. The smallest absolute Gasteiger partial charge is 0.160 e. The number of hydrogen-bond donors (Lipinski definition) is 0. The van der Waals surface area contributed by atoms with E-state index in [4.69, 9.17) is 19.4 Å². The molecule has 4 heteroatoms. The standard InChI is InChI=1S/C47H29N3O/c1-4-12-31(13-5-1)40-29-41(50-47(49-40)34-16-8-3-9-17-34)32-22-20-30(21-23-32)35-24-26-42-38(28-35)45-43(51-42)27-25-37-44(45)36-18-10-11-19-39(36)48-46(37)33-14-6-2-7-15-33/h1-29H. The van der Waals surface area contributed by atoms with Gasteiger partial charge in [-0.2, -0.15) is 0 Å². The highest BCUT2D eigenvalue weighted by molar-refractivity contribution is 6.28. The minimum absolute atomic E-state index is 0.707. The average Bonchev–Trinajstić information content (AvgIpc) is 3.59. The van der Waals surface area contributed by atoms with E-state index in [2.05, 4.69) is 133 Å².